The Labute approximate surface area is 124 Å². The molecule has 0 aromatic heterocycles. The Morgan fingerprint density at radius 3 is 2.80 bits per heavy atom. The number of rotatable bonds is 6. The molecule has 2 rings (SSSR count). The zero-order chi connectivity index (χ0) is 14.4. The van der Waals surface area contributed by atoms with Gasteiger partial charge in [0.15, 0.2) is 0 Å². The molecule has 4 heteroatoms. The number of hydrogen-bond acceptors (Lipinski definition) is 4. The van der Waals surface area contributed by atoms with Gasteiger partial charge in [0.2, 0.25) is 0 Å². The van der Waals surface area contributed by atoms with E-state index >= 15 is 0 Å². The number of aliphatic hydroxyl groups excluding tert-OH is 1. The summed E-state index contributed by atoms with van der Waals surface area (Å²) in [4.78, 5) is 5.11. The van der Waals surface area contributed by atoms with E-state index in [0.717, 1.165) is 31.6 Å². The second-order valence-corrected chi connectivity index (χ2v) is 6.72. The van der Waals surface area contributed by atoms with Crippen LogP contribution in [0.15, 0.2) is 0 Å². The summed E-state index contributed by atoms with van der Waals surface area (Å²) in [5.41, 5.74) is 0. The topological polar surface area (TPSA) is 35.9 Å². The molecular formula is C16H32N2O2. The van der Waals surface area contributed by atoms with E-state index in [0.29, 0.717) is 6.61 Å². The summed E-state index contributed by atoms with van der Waals surface area (Å²) in [6.07, 6.45) is 6.41. The fourth-order valence-electron chi connectivity index (χ4n) is 3.77. The van der Waals surface area contributed by atoms with Crippen LogP contribution in [0.4, 0.5) is 0 Å². The largest absolute Gasteiger partial charge is 0.389 e. The maximum absolute atomic E-state index is 9.87. The summed E-state index contributed by atoms with van der Waals surface area (Å²) in [5.74, 6) is 0.777. The van der Waals surface area contributed by atoms with Crippen LogP contribution in [0.25, 0.3) is 0 Å². The minimum Gasteiger partial charge on any atom is -0.389 e. The van der Waals surface area contributed by atoms with Crippen molar-refractivity contribution in [2.45, 2.75) is 51.2 Å². The summed E-state index contributed by atoms with van der Waals surface area (Å²) in [7, 11) is 1.65. The maximum Gasteiger partial charge on any atom is 0.0900 e. The molecular weight excluding hydrogens is 252 g/mol. The van der Waals surface area contributed by atoms with Gasteiger partial charge in [0.05, 0.1) is 12.7 Å². The molecule has 2 aliphatic heterocycles. The van der Waals surface area contributed by atoms with Gasteiger partial charge in [-0.2, -0.15) is 0 Å². The molecule has 4 nitrogen and oxygen atoms in total. The predicted octanol–water partition coefficient (Wildman–Crippen LogP) is 1.58. The van der Waals surface area contributed by atoms with Gasteiger partial charge in [-0.05, 0) is 51.6 Å². The molecule has 0 aromatic carbocycles. The van der Waals surface area contributed by atoms with Crippen LogP contribution in [0.2, 0.25) is 0 Å². The standard InChI is InChI=1S/C16H32N2O2/c1-14-6-3-4-9-18(14)11-15-7-5-8-17(10-15)12-16(19)13-20-2/h14-16,19H,3-13H2,1-2H3/t14-,15+,16+/m0/s1. The SMILES string of the molecule is COC[C@H](O)CN1CCC[C@@H](CN2CCCC[C@@H]2C)C1. The summed E-state index contributed by atoms with van der Waals surface area (Å²) >= 11 is 0. The Morgan fingerprint density at radius 2 is 2.05 bits per heavy atom. The molecule has 0 radical (unpaired) electrons. The van der Waals surface area contributed by atoms with Gasteiger partial charge in [-0.15, -0.1) is 0 Å². The lowest BCUT2D eigenvalue weighted by atomic mass is 9.94. The second kappa shape index (κ2) is 8.32. The van der Waals surface area contributed by atoms with Gasteiger partial charge in [-0.3, -0.25) is 0 Å². The normalized spacial score (nSPS) is 31.4. The predicted molar refractivity (Wildman–Crippen MR) is 81.9 cm³/mol. The lowest BCUT2D eigenvalue weighted by Crippen LogP contribution is -2.47. The lowest BCUT2D eigenvalue weighted by molar-refractivity contribution is 0.0211. The van der Waals surface area contributed by atoms with Gasteiger partial charge in [0.25, 0.3) is 0 Å². The number of ether oxygens (including phenoxy) is 1. The van der Waals surface area contributed by atoms with Crippen molar-refractivity contribution in [3.8, 4) is 0 Å². The molecule has 3 atom stereocenters. The Morgan fingerprint density at radius 1 is 1.20 bits per heavy atom. The Hall–Kier alpha value is -0.160. The van der Waals surface area contributed by atoms with Crippen molar-refractivity contribution in [2.75, 3.05) is 46.4 Å². The van der Waals surface area contributed by atoms with E-state index in [2.05, 4.69) is 16.7 Å². The highest BCUT2D eigenvalue weighted by atomic mass is 16.5. The van der Waals surface area contributed by atoms with Crippen molar-refractivity contribution < 1.29 is 9.84 Å². The minimum atomic E-state index is -0.340. The van der Waals surface area contributed by atoms with Crippen molar-refractivity contribution >= 4 is 0 Å². The number of likely N-dealkylation sites (tertiary alicyclic amines) is 2. The van der Waals surface area contributed by atoms with E-state index in [-0.39, 0.29) is 6.10 Å². The van der Waals surface area contributed by atoms with Gasteiger partial charge < -0.3 is 19.6 Å². The van der Waals surface area contributed by atoms with Crippen LogP contribution >= 0.6 is 0 Å². The number of β-amino-alcohol motifs (C(OH)–C–C–N with tert-alkyl or cyclic N) is 1. The third-order valence-electron chi connectivity index (χ3n) is 4.86. The molecule has 0 unspecified atom stereocenters. The van der Waals surface area contributed by atoms with Crippen LogP contribution in [0.1, 0.15) is 39.0 Å². The number of aliphatic hydroxyl groups is 1. The van der Waals surface area contributed by atoms with Gasteiger partial charge in [0, 0.05) is 32.8 Å². The summed E-state index contributed by atoms with van der Waals surface area (Å²) in [6.45, 7) is 8.39. The highest BCUT2D eigenvalue weighted by molar-refractivity contribution is 4.81. The molecule has 0 amide bonds. The molecule has 0 aromatic rings. The first-order valence-electron chi connectivity index (χ1n) is 8.32. The van der Waals surface area contributed by atoms with Crippen molar-refractivity contribution in [1.29, 1.82) is 0 Å². The highest BCUT2D eigenvalue weighted by Crippen LogP contribution is 2.22. The van der Waals surface area contributed by atoms with Crippen LogP contribution in [-0.2, 0) is 4.74 Å². The molecule has 0 bridgehead atoms. The van der Waals surface area contributed by atoms with E-state index in [1.165, 1.54) is 45.2 Å². The van der Waals surface area contributed by atoms with Gasteiger partial charge >= 0.3 is 0 Å². The van der Waals surface area contributed by atoms with Crippen molar-refractivity contribution in [2.24, 2.45) is 5.92 Å². The third-order valence-corrected chi connectivity index (χ3v) is 4.86. The second-order valence-electron chi connectivity index (χ2n) is 6.72. The van der Waals surface area contributed by atoms with Crippen LogP contribution in [0.3, 0.4) is 0 Å². The van der Waals surface area contributed by atoms with Crippen LogP contribution < -0.4 is 0 Å². The molecule has 0 spiro atoms. The third kappa shape index (κ3) is 4.99. The molecule has 0 saturated carbocycles. The Kier molecular flexibility index (Phi) is 6.75. The summed E-state index contributed by atoms with van der Waals surface area (Å²) in [5, 5.41) is 9.87. The van der Waals surface area contributed by atoms with E-state index in [9.17, 15) is 5.11 Å². The summed E-state index contributed by atoms with van der Waals surface area (Å²) in [6, 6.07) is 0.762. The van der Waals surface area contributed by atoms with Crippen molar-refractivity contribution in [3.05, 3.63) is 0 Å². The highest BCUT2D eigenvalue weighted by Gasteiger charge is 2.26. The van der Waals surface area contributed by atoms with E-state index in [4.69, 9.17) is 4.74 Å². The van der Waals surface area contributed by atoms with Crippen molar-refractivity contribution in [1.82, 2.24) is 9.80 Å². The van der Waals surface area contributed by atoms with Crippen LogP contribution in [0, 0.1) is 5.92 Å². The van der Waals surface area contributed by atoms with Gasteiger partial charge in [-0.1, -0.05) is 6.42 Å². The zero-order valence-corrected chi connectivity index (χ0v) is 13.3. The average molecular weight is 284 g/mol. The fraction of sp³-hybridized carbons (Fsp3) is 1.00. The molecule has 2 aliphatic rings. The number of hydrogen-bond donors (Lipinski definition) is 1. The Bertz CT molecular complexity index is 275. The number of piperidine rings is 2. The molecule has 2 heterocycles. The smallest absolute Gasteiger partial charge is 0.0900 e. The first-order valence-corrected chi connectivity index (χ1v) is 8.32. The summed E-state index contributed by atoms with van der Waals surface area (Å²) < 4.78 is 5.02. The maximum atomic E-state index is 9.87. The molecule has 1 N–H and O–H groups in total. The van der Waals surface area contributed by atoms with E-state index in [1.54, 1.807) is 7.11 Å². The lowest BCUT2D eigenvalue weighted by Gasteiger charge is -2.40. The molecule has 20 heavy (non-hydrogen) atoms. The van der Waals surface area contributed by atoms with Gasteiger partial charge in [0.1, 0.15) is 0 Å². The molecule has 118 valence electrons. The zero-order valence-electron chi connectivity index (χ0n) is 13.3. The fourth-order valence-corrected chi connectivity index (χ4v) is 3.77. The monoisotopic (exact) mass is 284 g/mol. The number of methoxy groups -OCH3 is 1. The Balaban J connectivity index is 1.75. The molecule has 2 saturated heterocycles. The van der Waals surface area contributed by atoms with E-state index < -0.39 is 0 Å². The van der Waals surface area contributed by atoms with Crippen molar-refractivity contribution in [3.63, 3.8) is 0 Å². The number of nitrogens with zero attached hydrogens (tertiary/aromatic N) is 2. The van der Waals surface area contributed by atoms with E-state index in [1.807, 2.05) is 0 Å². The first-order chi connectivity index (χ1) is 9.69. The minimum absolute atomic E-state index is 0.340. The van der Waals surface area contributed by atoms with Crippen LogP contribution in [-0.4, -0.2) is 73.5 Å². The quantitative estimate of drug-likeness (QED) is 0.803. The molecule has 2 fully saturated rings. The average Bonchev–Trinajstić information content (AvgIpc) is 2.42. The molecule has 0 aliphatic carbocycles. The van der Waals surface area contributed by atoms with Gasteiger partial charge in [-0.25, -0.2) is 0 Å². The first kappa shape index (κ1) is 16.2. The van der Waals surface area contributed by atoms with Crippen LogP contribution in [0.5, 0.6) is 0 Å².